The van der Waals surface area contributed by atoms with Crippen molar-refractivity contribution in [3.63, 3.8) is 0 Å². The average Bonchev–Trinajstić information content (AvgIpc) is 1.75. The fourth-order valence-corrected chi connectivity index (χ4v) is 14.3. The third kappa shape index (κ3) is 76.1. The Hall–Kier alpha value is -1.94. The Bertz CT molecular complexity index is 1940. The van der Waals surface area contributed by atoms with Crippen molar-refractivity contribution in [1.82, 2.24) is 0 Å². The highest BCUT2D eigenvalue weighted by atomic mass is 31.2. The summed E-state index contributed by atoms with van der Waals surface area (Å²) in [4.78, 5) is 73.1. The summed E-state index contributed by atoms with van der Waals surface area (Å²) in [5.41, 5.74) is 0. The van der Waals surface area contributed by atoms with Gasteiger partial charge in [0.25, 0.3) is 0 Å². The van der Waals surface area contributed by atoms with Gasteiger partial charge >= 0.3 is 39.5 Å². The quantitative estimate of drug-likeness (QED) is 0.0222. The SMILES string of the molecule is CCCCCCCCCCCCCCCCCCCCCCC(=O)O[C@H](COC(=O)CCCCCCCCCCCCCC(C)C)COP(=O)(O)OC[C@@H](O)COP(=O)(O)OC[C@@H](COC(=O)CCCCCCCCCCCCC(C)C)OC(=O)CCCCCCCCCCCCCCCC. The highest BCUT2D eigenvalue weighted by Crippen LogP contribution is 2.45. The molecule has 0 aromatic heterocycles. The summed E-state index contributed by atoms with van der Waals surface area (Å²) in [7, 11) is -9.92. The standard InChI is InChI=1S/C82H160O17P2/c1-7-9-11-13-15-17-19-21-23-24-25-26-27-28-30-34-43-49-55-61-67-82(87)98-77(70-92-79(84)64-58-52-46-40-35-31-32-38-44-50-56-62-74(3)4)72-96-100(88,89)94-68-76(83)69-95-101(90,91)97-73-78(71-93-80(85)65-59-53-47-41-37-36-39-45-51-57-63-75(5)6)99-81(86)66-60-54-48-42-33-29-22-20-18-16-14-12-10-8-2/h74-78,83H,7-73H2,1-6H3,(H,88,89)(H,90,91)/t76-,77-,78-/m1/s1. The zero-order valence-electron chi connectivity index (χ0n) is 66.2. The highest BCUT2D eigenvalue weighted by Gasteiger charge is 2.30. The van der Waals surface area contributed by atoms with Crippen LogP contribution < -0.4 is 0 Å². The van der Waals surface area contributed by atoms with E-state index in [1.807, 2.05) is 0 Å². The maximum absolute atomic E-state index is 13.1. The van der Waals surface area contributed by atoms with Gasteiger partial charge in [0.05, 0.1) is 26.4 Å². The lowest BCUT2D eigenvalue weighted by Gasteiger charge is -2.21. The highest BCUT2D eigenvalue weighted by molar-refractivity contribution is 7.47. The summed E-state index contributed by atoms with van der Waals surface area (Å²) >= 11 is 0. The number of carbonyl (C=O) groups excluding carboxylic acids is 4. The lowest BCUT2D eigenvalue weighted by molar-refractivity contribution is -0.161. The smallest absolute Gasteiger partial charge is 0.462 e. The normalized spacial score (nSPS) is 13.9. The number of unbranched alkanes of at least 4 members (excludes halogenated alkanes) is 51. The number of aliphatic hydroxyl groups is 1. The van der Waals surface area contributed by atoms with Crippen LogP contribution in [0.5, 0.6) is 0 Å². The second kappa shape index (κ2) is 73.6. The van der Waals surface area contributed by atoms with Gasteiger partial charge in [0, 0.05) is 25.7 Å². The van der Waals surface area contributed by atoms with Crippen molar-refractivity contribution in [3.05, 3.63) is 0 Å². The number of ether oxygens (including phenoxy) is 4. The van der Waals surface area contributed by atoms with Gasteiger partial charge in [-0.3, -0.25) is 37.3 Å². The van der Waals surface area contributed by atoms with Gasteiger partial charge in [-0.2, -0.15) is 0 Å². The fourth-order valence-electron chi connectivity index (χ4n) is 12.7. The molecule has 2 unspecified atom stereocenters. The molecule has 0 aliphatic carbocycles. The summed E-state index contributed by atoms with van der Waals surface area (Å²) in [6.07, 6.45) is 63.8. The maximum Gasteiger partial charge on any atom is 0.472 e. The van der Waals surface area contributed by atoms with E-state index in [4.69, 9.17) is 37.0 Å². The minimum Gasteiger partial charge on any atom is -0.462 e. The van der Waals surface area contributed by atoms with Crippen LogP contribution in [0.15, 0.2) is 0 Å². The minimum atomic E-state index is -4.96. The molecular formula is C82H160O17P2. The van der Waals surface area contributed by atoms with E-state index in [1.165, 1.54) is 250 Å². The lowest BCUT2D eigenvalue weighted by atomic mass is 10.0. The number of phosphoric ester groups is 2. The van der Waals surface area contributed by atoms with E-state index < -0.39 is 97.5 Å². The molecule has 17 nitrogen and oxygen atoms in total. The molecule has 0 radical (unpaired) electrons. The van der Waals surface area contributed by atoms with E-state index in [1.54, 1.807) is 0 Å². The Morgan fingerprint density at radius 2 is 0.455 bits per heavy atom. The third-order valence-electron chi connectivity index (χ3n) is 19.2. The molecule has 0 amide bonds. The summed E-state index contributed by atoms with van der Waals surface area (Å²) in [6, 6.07) is 0. The van der Waals surface area contributed by atoms with Crippen LogP contribution in [0.2, 0.25) is 0 Å². The van der Waals surface area contributed by atoms with Crippen LogP contribution >= 0.6 is 15.6 Å². The van der Waals surface area contributed by atoms with Crippen LogP contribution in [0, 0.1) is 11.8 Å². The summed E-state index contributed by atoms with van der Waals surface area (Å²) in [5, 5.41) is 10.7. The molecule has 0 fully saturated rings. The molecule has 600 valence electrons. The Morgan fingerprint density at radius 1 is 0.267 bits per heavy atom. The number of hydrogen-bond donors (Lipinski definition) is 3. The number of aliphatic hydroxyl groups excluding tert-OH is 1. The van der Waals surface area contributed by atoms with Crippen LogP contribution in [0.4, 0.5) is 0 Å². The van der Waals surface area contributed by atoms with Crippen molar-refractivity contribution < 1.29 is 80.2 Å². The van der Waals surface area contributed by atoms with E-state index >= 15 is 0 Å². The third-order valence-corrected chi connectivity index (χ3v) is 21.1. The van der Waals surface area contributed by atoms with Crippen molar-refractivity contribution in [2.75, 3.05) is 39.6 Å². The zero-order chi connectivity index (χ0) is 74.2. The molecule has 0 saturated heterocycles. The van der Waals surface area contributed by atoms with E-state index in [0.717, 1.165) is 102 Å². The van der Waals surface area contributed by atoms with Gasteiger partial charge in [-0.15, -0.1) is 0 Å². The Kier molecular flexibility index (Phi) is 72.2. The molecule has 0 aromatic carbocycles. The number of esters is 4. The topological polar surface area (TPSA) is 237 Å². The Labute approximate surface area is 619 Å². The van der Waals surface area contributed by atoms with Gasteiger partial charge in [0.2, 0.25) is 0 Å². The van der Waals surface area contributed by atoms with E-state index in [2.05, 4.69) is 41.5 Å². The first-order chi connectivity index (χ1) is 48.9. The van der Waals surface area contributed by atoms with Crippen LogP contribution in [-0.2, 0) is 65.4 Å². The first-order valence-corrected chi connectivity index (χ1v) is 45.5. The molecule has 0 saturated carbocycles. The first kappa shape index (κ1) is 99.1. The predicted molar refractivity (Wildman–Crippen MR) is 414 cm³/mol. The number of rotatable bonds is 81. The van der Waals surface area contributed by atoms with Gasteiger partial charge in [0.15, 0.2) is 12.2 Å². The molecule has 0 spiro atoms. The first-order valence-electron chi connectivity index (χ1n) is 42.5. The molecule has 19 heteroatoms. The van der Waals surface area contributed by atoms with Crippen molar-refractivity contribution in [1.29, 1.82) is 0 Å². The van der Waals surface area contributed by atoms with Crippen LogP contribution in [-0.4, -0.2) is 96.7 Å². The van der Waals surface area contributed by atoms with Crippen molar-refractivity contribution in [3.8, 4) is 0 Å². The second-order valence-corrected chi connectivity index (χ2v) is 33.4. The van der Waals surface area contributed by atoms with Gasteiger partial charge in [-0.05, 0) is 37.5 Å². The molecule has 0 aliphatic heterocycles. The fraction of sp³-hybridized carbons (Fsp3) is 0.951. The molecule has 0 aromatic rings. The van der Waals surface area contributed by atoms with Gasteiger partial charge < -0.3 is 33.8 Å². The predicted octanol–water partition coefficient (Wildman–Crippen LogP) is 24.7. The van der Waals surface area contributed by atoms with E-state index in [0.29, 0.717) is 25.7 Å². The molecular weight excluding hydrogens is 1320 g/mol. The largest absolute Gasteiger partial charge is 0.472 e. The zero-order valence-corrected chi connectivity index (χ0v) is 68.0. The van der Waals surface area contributed by atoms with Crippen LogP contribution in [0.1, 0.15) is 433 Å². The van der Waals surface area contributed by atoms with Gasteiger partial charge in [-0.25, -0.2) is 9.13 Å². The van der Waals surface area contributed by atoms with Gasteiger partial charge in [-0.1, -0.05) is 382 Å². The molecule has 0 rings (SSSR count). The van der Waals surface area contributed by atoms with E-state index in [9.17, 15) is 43.2 Å². The van der Waals surface area contributed by atoms with Crippen molar-refractivity contribution >= 4 is 39.5 Å². The maximum atomic E-state index is 13.1. The Balaban J connectivity index is 5.25. The number of carbonyl (C=O) groups is 4. The summed E-state index contributed by atoms with van der Waals surface area (Å²) in [6.45, 7) is 9.65. The molecule has 5 atom stereocenters. The van der Waals surface area contributed by atoms with Crippen molar-refractivity contribution in [2.45, 2.75) is 452 Å². The molecule has 101 heavy (non-hydrogen) atoms. The monoisotopic (exact) mass is 1480 g/mol. The van der Waals surface area contributed by atoms with Gasteiger partial charge in [0.1, 0.15) is 19.3 Å². The molecule has 0 heterocycles. The minimum absolute atomic E-state index is 0.108. The average molecular weight is 1480 g/mol. The summed E-state index contributed by atoms with van der Waals surface area (Å²) in [5.74, 6) is -0.576. The van der Waals surface area contributed by atoms with Crippen LogP contribution in [0.3, 0.4) is 0 Å². The molecule has 0 aliphatic rings. The van der Waals surface area contributed by atoms with E-state index in [-0.39, 0.29) is 25.7 Å². The summed E-state index contributed by atoms with van der Waals surface area (Å²) < 4.78 is 68.8. The Morgan fingerprint density at radius 3 is 0.673 bits per heavy atom. The lowest BCUT2D eigenvalue weighted by Crippen LogP contribution is -2.30. The second-order valence-electron chi connectivity index (χ2n) is 30.5. The number of phosphoric acid groups is 2. The molecule has 0 bridgehead atoms. The molecule has 3 N–H and O–H groups in total. The van der Waals surface area contributed by atoms with Crippen molar-refractivity contribution in [2.24, 2.45) is 11.8 Å². The number of hydrogen-bond acceptors (Lipinski definition) is 15. The van der Waals surface area contributed by atoms with Crippen LogP contribution in [0.25, 0.3) is 0 Å².